The number of hydrogen-bond donors (Lipinski definition) is 1. The molecule has 0 radical (unpaired) electrons. The molecule has 106 valence electrons. The van der Waals surface area contributed by atoms with Crippen molar-refractivity contribution in [1.29, 1.82) is 0 Å². The number of fused-ring (bicyclic) bond motifs is 1. The van der Waals surface area contributed by atoms with E-state index in [1.165, 1.54) is 51.9 Å². The third-order valence-corrected chi connectivity index (χ3v) is 4.50. The summed E-state index contributed by atoms with van der Waals surface area (Å²) in [6.07, 6.45) is 9.35. The fraction of sp³-hybridized carbons (Fsp3) is 0.786. The van der Waals surface area contributed by atoms with E-state index in [-0.39, 0.29) is 0 Å². The molecule has 1 atom stereocenters. The van der Waals surface area contributed by atoms with Crippen molar-refractivity contribution in [2.75, 3.05) is 38.5 Å². The molecule has 0 spiro atoms. The first-order valence-corrected chi connectivity index (χ1v) is 7.55. The first-order valence-electron chi connectivity index (χ1n) is 7.55. The van der Waals surface area contributed by atoms with E-state index < -0.39 is 0 Å². The molecule has 2 aliphatic rings. The molecule has 2 saturated heterocycles. The Balaban J connectivity index is 1.50. The third kappa shape index (κ3) is 3.28. The highest BCUT2D eigenvalue weighted by atomic mass is 15.3. The lowest BCUT2D eigenvalue weighted by Gasteiger charge is -2.40. The zero-order chi connectivity index (χ0) is 13.1. The second-order valence-electron chi connectivity index (χ2n) is 5.88. The van der Waals surface area contributed by atoms with Crippen LogP contribution in [-0.4, -0.2) is 58.1 Å². The van der Waals surface area contributed by atoms with Crippen molar-refractivity contribution in [2.24, 2.45) is 0 Å². The number of anilines is 1. The molecule has 2 aliphatic heterocycles. The summed E-state index contributed by atoms with van der Waals surface area (Å²) < 4.78 is 2.09. The lowest BCUT2D eigenvalue weighted by atomic mass is 10.1. The third-order valence-electron chi connectivity index (χ3n) is 4.50. The molecule has 2 fully saturated rings. The molecule has 2 N–H and O–H groups in total. The smallest absolute Gasteiger partial charge is 0.141 e. The van der Waals surface area contributed by atoms with Gasteiger partial charge in [-0.3, -0.25) is 9.80 Å². The normalized spacial score (nSPS) is 26.0. The minimum absolute atomic E-state index is 0.619. The first kappa shape index (κ1) is 12.9. The summed E-state index contributed by atoms with van der Waals surface area (Å²) in [4.78, 5) is 9.38. The maximum absolute atomic E-state index is 5.64. The average molecular weight is 263 g/mol. The predicted molar refractivity (Wildman–Crippen MR) is 76.9 cm³/mol. The van der Waals surface area contributed by atoms with Crippen LogP contribution in [0.1, 0.15) is 25.7 Å². The summed E-state index contributed by atoms with van der Waals surface area (Å²) in [7, 11) is 0. The van der Waals surface area contributed by atoms with Gasteiger partial charge in [0.15, 0.2) is 0 Å². The van der Waals surface area contributed by atoms with Crippen molar-refractivity contribution in [3.05, 3.63) is 12.5 Å². The van der Waals surface area contributed by atoms with Crippen molar-refractivity contribution in [3.8, 4) is 0 Å². The topological polar surface area (TPSA) is 50.3 Å². The average Bonchev–Trinajstić information content (AvgIpc) is 2.70. The van der Waals surface area contributed by atoms with E-state index in [0.717, 1.165) is 19.1 Å². The van der Waals surface area contributed by atoms with Gasteiger partial charge in [0.2, 0.25) is 0 Å². The molecule has 5 heteroatoms. The Morgan fingerprint density at radius 1 is 1.16 bits per heavy atom. The molecule has 0 aromatic carbocycles. The minimum Gasteiger partial charge on any atom is -0.382 e. The Bertz CT molecular complexity index is 402. The number of nitrogen functional groups attached to an aromatic ring is 1. The molecule has 3 heterocycles. The Hall–Kier alpha value is -1.07. The number of imidazole rings is 1. The summed E-state index contributed by atoms with van der Waals surface area (Å²) in [6.45, 7) is 7.12. The zero-order valence-electron chi connectivity index (χ0n) is 11.7. The van der Waals surface area contributed by atoms with Crippen LogP contribution in [0.15, 0.2) is 12.5 Å². The highest BCUT2D eigenvalue weighted by Gasteiger charge is 2.27. The van der Waals surface area contributed by atoms with E-state index in [4.69, 9.17) is 5.73 Å². The Morgan fingerprint density at radius 2 is 2.11 bits per heavy atom. The quantitative estimate of drug-likeness (QED) is 0.885. The molecule has 1 aromatic rings. The van der Waals surface area contributed by atoms with Crippen molar-refractivity contribution < 1.29 is 0 Å². The van der Waals surface area contributed by atoms with Crippen LogP contribution in [0.5, 0.6) is 0 Å². The van der Waals surface area contributed by atoms with Crippen molar-refractivity contribution in [3.63, 3.8) is 0 Å². The van der Waals surface area contributed by atoms with Crippen molar-refractivity contribution in [2.45, 2.75) is 38.3 Å². The molecular formula is C14H25N5. The molecule has 0 aliphatic carbocycles. The van der Waals surface area contributed by atoms with Crippen LogP contribution in [0.4, 0.5) is 5.82 Å². The SMILES string of the molecule is Nc1cn(CCN2CCN3CCCCCC3C2)cn1. The lowest BCUT2D eigenvalue weighted by molar-refractivity contribution is 0.0742. The molecule has 3 rings (SSSR count). The van der Waals surface area contributed by atoms with Crippen molar-refractivity contribution >= 4 is 5.82 Å². The van der Waals surface area contributed by atoms with Crippen LogP contribution in [-0.2, 0) is 6.54 Å². The van der Waals surface area contributed by atoms with Gasteiger partial charge in [-0.05, 0) is 19.4 Å². The Kier molecular flexibility index (Phi) is 4.03. The van der Waals surface area contributed by atoms with E-state index >= 15 is 0 Å². The number of nitrogens with zero attached hydrogens (tertiary/aromatic N) is 4. The summed E-state index contributed by atoms with van der Waals surface area (Å²) >= 11 is 0. The van der Waals surface area contributed by atoms with Gasteiger partial charge in [0.1, 0.15) is 5.82 Å². The molecule has 5 nitrogen and oxygen atoms in total. The van der Waals surface area contributed by atoms with Gasteiger partial charge in [-0.25, -0.2) is 4.98 Å². The van der Waals surface area contributed by atoms with Crippen LogP contribution in [0.3, 0.4) is 0 Å². The Morgan fingerprint density at radius 3 is 2.95 bits per heavy atom. The fourth-order valence-electron chi connectivity index (χ4n) is 3.36. The van der Waals surface area contributed by atoms with E-state index in [1.54, 1.807) is 0 Å². The van der Waals surface area contributed by atoms with Gasteiger partial charge in [-0.1, -0.05) is 12.8 Å². The molecule has 19 heavy (non-hydrogen) atoms. The van der Waals surface area contributed by atoms with Gasteiger partial charge < -0.3 is 10.3 Å². The van der Waals surface area contributed by atoms with E-state index in [2.05, 4.69) is 19.4 Å². The van der Waals surface area contributed by atoms with Crippen LogP contribution >= 0.6 is 0 Å². The predicted octanol–water partition coefficient (Wildman–Crippen LogP) is 1.03. The summed E-state index contributed by atoms with van der Waals surface area (Å²) in [6, 6.07) is 0.795. The Labute approximate surface area is 115 Å². The number of nitrogens with two attached hydrogens (primary N) is 1. The minimum atomic E-state index is 0.619. The number of piperazine rings is 1. The van der Waals surface area contributed by atoms with Crippen molar-refractivity contribution in [1.82, 2.24) is 19.4 Å². The second-order valence-corrected chi connectivity index (χ2v) is 5.88. The number of aromatic nitrogens is 2. The standard InChI is InChI=1S/C14H25N5/c15-14-11-18(12-16-14)7-6-17-8-9-19-5-3-1-2-4-13(19)10-17/h11-13H,1-10,15H2. The first-order chi connectivity index (χ1) is 9.31. The lowest BCUT2D eigenvalue weighted by Crippen LogP contribution is -2.53. The second kappa shape index (κ2) is 5.92. The maximum atomic E-state index is 5.64. The van der Waals surface area contributed by atoms with Gasteiger partial charge in [0, 0.05) is 45.0 Å². The zero-order valence-corrected chi connectivity index (χ0v) is 11.7. The highest BCUT2D eigenvalue weighted by molar-refractivity contribution is 5.22. The monoisotopic (exact) mass is 263 g/mol. The fourth-order valence-corrected chi connectivity index (χ4v) is 3.36. The summed E-state index contributed by atoms with van der Waals surface area (Å²) in [5.41, 5.74) is 5.64. The van der Waals surface area contributed by atoms with Gasteiger partial charge in [0.25, 0.3) is 0 Å². The molecule has 0 amide bonds. The number of rotatable bonds is 3. The van der Waals surface area contributed by atoms with Crippen LogP contribution < -0.4 is 5.73 Å². The van der Waals surface area contributed by atoms with E-state index in [0.29, 0.717) is 5.82 Å². The van der Waals surface area contributed by atoms with Gasteiger partial charge >= 0.3 is 0 Å². The molecule has 0 bridgehead atoms. The van der Waals surface area contributed by atoms with Gasteiger partial charge in [0.05, 0.1) is 6.33 Å². The number of hydrogen-bond acceptors (Lipinski definition) is 4. The van der Waals surface area contributed by atoms with Crippen LogP contribution in [0.2, 0.25) is 0 Å². The molecular weight excluding hydrogens is 238 g/mol. The maximum Gasteiger partial charge on any atom is 0.141 e. The van der Waals surface area contributed by atoms with E-state index in [1.807, 2.05) is 12.5 Å². The molecule has 0 saturated carbocycles. The summed E-state index contributed by atoms with van der Waals surface area (Å²) in [5, 5.41) is 0. The van der Waals surface area contributed by atoms with E-state index in [9.17, 15) is 0 Å². The van der Waals surface area contributed by atoms with Gasteiger partial charge in [-0.15, -0.1) is 0 Å². The molecule has 1 unspecified atom stereocenters. The summed E-state index contributed by atoms with van der Waals surface area (Å²) in [5.74, 6) is 0.619. The molecule has 1 aromatic heterocycles. The van der Waals surface area contributed by atoms with Gasteiger partial charge in [-0.2, -0.15) is 0 Å². The van der Waals surface area contributed by atoms with Crippen LogP contribution in [0.25, 0.3) is 0 Å². The highest BCUT2D eigenvalue weighted by Crippen LogP contribution is 2.20. The van der Waals surface area contributed by atoms with Crippen LogP contribution in [0, 0.1) is 0 Å². The largest absolute Gasteiger partial charge is 0.382 e.